The molecule has 0 radical (unpaired) electrons. The van der Waals surface area contributed by atoms with Crippen LogP contribution in [-0.4, -0.2) is 86.7 Å². The molecule has 0 spiro atoms. The van der Waals surface area contributed by atoms with Crippen molar-refractivity contribution in [3.05, 3.63) is 71.8 Å². The van der Waals surface area contributed by atoms with Gasteiger partial charge in [0.1, 0.15) is 12.6 Å². The zero-order valence-corrected chi connectivity index (χ0v) is 20.9. The summed E-state index contributed by atoms with van der Waals surface area (Å²) < 4.78 is 10.3. The van der Waals surface area contributed by atoms with Crippen molar-refractivity contribution in [3.8, 4) is 0 Å². The van der Waals surface area contributed by atoms with E-state index >= 15 is 0 Å². The lowest BCUT2D eigenvalue weighted by molar-refractivity contribution is -0.135. The predicted molar refractivity (Wildman–Crippen MR) is 136 cm³/mol. The average molecular weight is 497 g/mol. The number of methoxy groups -OCH3 is 1. The first-order chi connectivity index (χ1) is 17.5. The summed E-state index contributed by atoms with van der Waals surface area (Å²) in [5.74, 6) is -0.185. The summed E-state index contributed by atoms with van der Waals surface area (Å²) in [5, 5.41) is 5.66. The lowest BCUT2D eigenvalue weighted by Gasteiger charge is -2.36. The fraction of sp³-hybridized carbons (Fsp3) is 0.444. The Morgan fingerprint density at radius 2 is 1.56 bits per heavy atom. The first-order valence-electron chi connectivity index (χ1n) is 12.3. The van der Waals surface area contributed by atoms with E-state index in [9.17, 15) is 14.4 Å². The van der Waals surface area contributed by atoms with Gasteiger partial charge >= 0.3 is 6.09 Å². The second-order valence-electron chi connectivity index (χ2n) is 8.75. The Bertz CT molecular complexity index is 949. The number of piperazine rings is 1. The van der Waals surface area contributed by atoms with Crippen LogP contribution in [-0.2, 0) is 32.1 Å². The standard InChI is InChI=1S/C27H36N4O5/c1-35-18-8-13-28-25(32)20-30-14-16-31(17-15-30)26(33)24(19-22-9-4-2-5-10-22)29-27(34)36-21-23-11-6-3-7-12-23/h2-7,9-12,24H,8,13-21H2,1H3,(H,28,32)(H,29,34)/t24-/m0/s1. The van der Waals surface area contributed by atoms with Gasteiger partial charge in [-0.1, -0.05) is 60.7 Å². The van der Waals surface area contributed by atoms with Gasteiger partial charge in [0, 0.05) is 52.9 Å². The Balaban J connectivity index is 1.52. The number of amides is 3. The van der Waals surface area contributed by atoms with Crippen molar-refractivity contribution in [2.24, 2.45) is 0 Å². The molecule has 1 saturated heterocycles. The highest BCUT2D eigenvalue weighted by molar-refractivity contribution is 5.86. The summed E-state index contributed by atoms with van der Waals surface area (Å²) in [6.07, 6.45) is 0.509. The number of hydrogen-bond acceptors (Lipinski definition) is 6. The van der Waals surface area contributed by atoms with Crippen molar-refractivity contribution in [3.63, 3.8) is 0 Å². The van der Waals surface area contributed by atoms with Crippen molar-refractivity contribution < 1.29 is 23.9 Å². The Kier molecular flexibility index (Phi) is 11.2. The van der Waals surface area contributed by atoms with Gasteiger partial charge in [0.15, 0.2) is 0 Å². The molecule has 2 N–H and O–H groups in total. The van der Waals surface area contributed by atoms with E-state index in [0.29, 0.717) is 52.3 Å². The van der Waals surface area contributed by atoms with Gasteiger partial charge in [0.05, 0.1) is 6.54 Å². The summed E-state index contributed by atoms with van der Waals surface area (Å²) in [4.78, 5) is 41.9. The smallest absolute Gasteiger partial charge is 0.408 e. The van der Waals surface area contributed by atoms with Crippen LogP contribution >= 0.6 is 0 Å². The number of rotatable bonds is 12. The minimum absolute atomic E-state index is 0.0318. The molecule has 0 aliphatic carbocycles. The third-order valence-corrected chi connectivity index (χ3v) is 5.98. The molecule has 194 valence electrons. The molecule has 3 amide bonds. The molecule has 2 aromatic rings. The second-order valence-corrected chi connectivity index (χ2v) is 8.75. The van der Waals surface area contributed by atoms with E-state index in [2.05, 4.69) is 10.6 Å². The highest BCUT2D eigenvalue weighted by Crippen LogP contribution is 2.10. The molecule has 1 aliphatic heterocycles. The molecule has 9 heteroatoms. The van der Waals surface area contributed by atoms with E-state index in [0.717, 1.165) is 17.5 Å². The second kappa shape index (κ2) is 14.9. The van der Waals surface area contributed by atoms with Gasteiger partial charge in [-0.05, 0) is 17.5 Å². The highest BCUT2D eigenvalue weighted by Gasteiger charge is 2.29. The normalized spacial score (nSPS) is 14.6. The zero-order chi connectivity index (χ0) is 25.6. The van der Waals surface area contributed by atoms with Crippen LogP contribution in [0.2, 0.25) is 0 Å². The maximum Gasteiger partial charge on any atom is 0.408 e. The van der Waals surface area contributed by atoms with Crippen LogP contribution in [0.1, 0.15) is 17.5 Å². The van der Waals surface area contributed by atoms with Crippen molar-refractivity contribution in [1.29, 1.82) is 0 Å². The summed E-state index contributed by atoms with van der Waals surface area (Å²) >= 11 is 0. The predicted octanol–water partition coefficient (Wildman–Crippen LogP) is 1.82. The largest absolute Gasteiger partial charge is 0.445 e. The molecule has 2 aromatic carbocycles. The number of hydrogen-bond donors (Lipinski definition) is 2. The molecule has 1 fully saturated rings. The minimum Gasteiger partial charge on any atom is -0.445 e. The Morgan fingerprint density at radius 3 is 2.19 bits per heavy atom. The third kappa shape index (κ3) is 9.31. The molecule has 1 aliphatic rings. The number of nitrogens with one attached hydrogen (secondary N) is 2. The summed E-state index contributed by atoms with van der Waals surface area (Å²) in [7, 11) is 1.64. The molecule has 0 unspecified atom stereocenters. The van der Waals surface area contributed by atoms with Crippen LogP contribution in [0.15, 0.2) is 60.7 Å². The lowest BCUT2D eigenvalue weighted by Crippen LogP contribution is -2.56. The van der Waals surface area contributed by atoms with E-state index < -0.39 is 12.1 Å². The SMILES string of the molecule is COCCCNC(=O)CN1CCN(C(=O)[C@H](Cc2ccccc2)NC(=O)OCc2ccccc2)CC1. The lowest BCUT2D eigenvalue weighted by atomic mass is 10.0. The molecule has 1 heterocycles. The Hall–Kier alpha value is -3.43. The molecule has 3 rings (SSSR count). The van der Waals surface area contributed by atoms with Crippen LogP contribution in [0, 0.1) is 0 Å². The molecule has 0 saturated carbocycles. The van der Waals surface area contributed by atoms with Gasteiger partial charge in [0.25, 0.3) is 0 Å². The Labute approximate surface area is 212 Å². The van der Waals surface area contributed by atoms with Crippen LogP contribution in [0.25, 0.3) is 0 Å². The fourth-order valence-electron chi connectivity index (χ4n) is 4.01. The van der Waals surface area contributed by atoms with Gasteiger partial charge < -0.3 is 25.0 Å². The van der Waals surface area contributed by atoms with Crippen molar-refractivity contribution in [1.82, 2.24) is 20.4 Å². The molecular weight excluding hydrogens is 460 g/mol. The first kappa shape index (κ1) is 27.2. The highest BCUT2D eigenvalue weighted by atomic mass is 16.5. The Morgan fingerprint density at radius 1 is 0.917 bits per heavy atom. The third-order valence-electron chi connectivity index (χ3n) is 5.98. The van der Waals surface area contributed by atoms with Gasteiger partial charge in [-0.15, -0.1) is 0 Å². The van der Waals surface area contributed by atoms with E-state index in [-0.39, 0.29) is 18.4 Å². The van der Waals surface area contributed by atoms with E-state index in [1.165, 1.54) is 0 Å². The molecule has 0 bridgehead atoms. The van der Waals surface area contributed by atoms with Crippen molar-refractivity contribution in [2.75, 3.05) is 53.0 Å². The number of carbonyl (C=O) groups is 3. The average Bonchev–Trinajstić information content (AvgIpc) is 2.91. The number of nitrogens with zero attached hydrogens (tertiary/aromatic N) is 2. The molecule has 36 heavy (non-hydrogen) atoms. The number of alkyl carbamates (subject to hydrolysis) is 1. The van der Waals surface area contributed by atoms with Gasteiger partial charge in [-0.2, -0.15) is 0 Å². The summed E-state index contributed by atoms with van der Waals surface area (Å²) in [6, 6.07) is 18.2. The van der Waals surface area contributed by atoms with Crippen molar-refractivity contribution >= 4 is 17.9 Å². The summed E-state index contributed by atoms with van der Waals surface area (Å²) in [5.41, 5.74) is 1.82. The summed E-state index contributed by atoms with van der Waals surface area (Å²) in [6.45, 7) is 3.78. The number of benzene rings is 2. The van der Waals surface area contributed by atoms with Crippen LogP contribution in [0.5, 0.6) is 0 Å². The monoisotopic (exact) mass is 496 g/mol. The number of carbonyl (C=O) groups excluding carboxylic acids is 3. The minimum atomic E-state index is -0.744. The number of ether oxygens (including phenoxy) is 2. The quantitative estimate of drug-likeness (QED) is 0.435. The zero-order valence-electron chi connectivity index (χ0n) is 20.9. The fourth-order valence-corrected chi connectivity index (χ4v) is 4.01. The van der Waals surface area contributed by atoms with Gasteiger partial charge in [-0.3, -0.25) is 14.5 Å². The maximum absolute atomic E-state index is 13.4. The molecule has 1 atom stereocenters. The van der Waals surface area contributed by atoms with Crippen LogP contribution < -0.4 is 10.6 Å². The van der Waals surface area contributed by atoms with Crippen LogP contribution in [0.4, 0.5) is 4.79 Å². The molecule has 0 aromatic heterocycles. The van der Waals surface area contributed by atoms with Gasteiger partial charge in [-0.25, -0.2) is 4.79 Å². The van der Waals surface area contributed by atoms with Crippen molar-refractivity contribution in [2.45, 2.75) is 25.5 Å². The van der Waals surface area contributed by atoms with E-state index in [4.69, 9.17) is 9.47 Å². The maximum atomic E-state index is 13.4. The molecular formula is C27H36N4O5. The van der Waals surface area contributed by atoms with E-state index in [1.807, 2.05) is 65.6 Å². The van der Waals surface area contributed by atoms with Crippen LogP contribution in [0.3, 0.4) is 0 Å². The topological polar surface area (TPSA) is 100 Å². The van der Waals surface area contributed by atoms with E-state index in [1.54, 1.807) is 12.0 Å². The molecule has 9 nitrogen and oxygen atoms in total. The first-order valence-corrected chi connectivity index (χ1v) is 12.3. The van der Waals surface area contributed by atoms with Gasteiger partial charge in [0.2, 0.25) is 11.8 Å².